The molecule has 4 nitrogen and oxygen atoms in total. The SMILES string of the molecule is COC(=O)[C@H]1CC[C@@H](OC)[C@H](O)C1. The quantitative estimate of drug-likeness (QED) is 0.635. The molecule has 0 aromatic rings. The molecule has 0 saturated heterocycles. The zero-order valence-electron chi connectivity index (χ0n) is 8.03. The molecular formula is C9H16O4. The first-order chi connectivity index (χ1) is 6.19. The summed E-state index contributed by atoms with van der Waals surface area (Å²) in [7, 11) is 2.95. The Labute approximate surface area is 77.8 Å². The maximum atomic E-state index is 11.1. The fraction of sp³-hybridized carbons (Fsp3) is 0.889. The number of carbonyl (C=O) groups excluding carboxylic acids is 1. The summed E-state index contributed by atoms with van der Waals surface area (Å²) >= 11 is 0. The normalized spacial score (nSPS) is 34.2. The van der Waals surface area contributed by atoms with Crippen molar-refractivity contribution in [3.05, 3.63) is 0 Å². The Morgan fingerprint density at radius 1 is 1.38 bits per heavy atom. The third-order valence-corrected chi connectivity index (χ3v) is 2.59. The molecule has 1 saturated carbocycles. The Morgan fingerprint density at radius 3 is 2.54 bits per heavy atom. The van der Waals surface area contributed by atoms with Crippen LogP contribution in [0.4, 0.5) is 0 Å². The van der Waals surface area contributed by atoms with Crippen LogP contribution in [0.15, 0.2) is 0 Å². The van der Waals surface area contributed by atoms with Crippen molar-refractivity contribution < 1.29 is 19.4 Å². The van der Waals surface area contributed by atoms with Gasteiger partial charge in [-0.15, -0.1) is 0 Å². The Balaban J connectivity index is 2.45. The average Bonchev–Trinajstić information content (AvgIpc) is 2.16. The highest BCUT2D eigenvalue weighted by atomic mass is 16.5. The van der Waals surface area contributed by atoms with Crippen LogP contribution in [0.3, 0.4) is 0 Å². The van der Waals surface area contributed by atoms with E-state index in [1.807, 2.05) is 0 Å². The minimum atomic E-state index is -0.539. The van der Waals surface area contributed by atoms with Gasteiger partial charge in [0.1, 0.15) is 0 Å². The van der Waals surface area contributed by atoms with Crippen molar-refractivity contribution in [1.29, 1.82) is 0 Å². The number of rotatable bonds is 2. The summed E-state index contributed by atoms with van der Waals surface area (Å²) in [4.78, 5) is 11.1. The lowest BCUT2D eigenvalue weighted by molar-refractivity contribution is -0.150. The summed E-state index contributed by atoms with van der Waals surface area (Å²) in [5, 5.41) is 9.55. The van der Waals surface area contributed by atoms with Crippen LogP contribution in [0.1, 0.15) is 19.3 Å². The largest absolute Gasteiger partial charge is 0.469 e. The minimum Gasteiger partial charge on any atom is -0.469 e. The lowest BCUT2D eigenvalue weighted by atomic mass is 9.85. The van der Waals surface area contributed by atoms with Crippen molar-refractivity contribution in [1.82, 2.24) is 0 Å². The summed E-state index contributed by atoms with van der Waals surface area (Å²) < 4.78 is 9.68. The first-order valence-electron chi connectivity index (χ1n) is 4.47. The van der Waals surface area contributed by atoms with E-state index in [4.69, 9.17) is 4.74 Å². The second-order valence-electron chi connectivity index (χ2n) is 3.37. The Kier molecular flexibility index (Phi) is 3.69. The molecule has 0 aliphatic heterocycles. The van der Waals surface area contributed by atoms with Crippen molar-refractivity contribution in [2.75, 3.05) is 14.2 Å². The van der Waals surface area contributed by atoms with Crippen molar-refractivity contribution in [3.63, 3.8) is 0 Å². The third-order valence-electron chi connectivity index (χ3n) is 2.59. The summed E-state index contributed by atoms with van der Waals surface area (Å²) in [5.74, 6) is -0.389. The molecule has 76 valence electrons. The smallest absolute Gasteiger partial charge is 0.308 e. The van der Waals surface area contributed by atoms with E-state index < -0.39 is 6.10 Å². The molecular weight excluding hydrogens is 172 g/mol. The molecule has 4 heteroatoms. The first-order valence-corrected chi connectivity index (χ1v) is 4.47. The van der Waals surface area contributed by atoms with Crippen molar-refractivity contribution in [3.8, 4) is 0 Å². The van der Waals surface area contributed by atoms with E-state index in [9.17, 15) is 9.90 Å². The Morgan fingerprint density at radius 2 is 2.08 bits per heavy atom. The van der Waals surface area contributed by atoms with E-state index >= 15 is 0 Å². The number of esters is 1. The maximum Gasteiger partial charge on any atom is 0.308 e. The van der Waals surface area contributed by atoms with Gasteiger partial charge in [0, 0.05) is 7.11 Å². The van der Waals surface area contributed by atoms with Gasteiger partial charge in [0.05, 0.1) is 25.2 Å². The monoisotopic (exact) mass is 188 g/mol. The van der Waals surface area contributed by atoms with Crippen LogP contribution in [0.2, 0.25) is 0 Å². The molecule has 0 spiro atoms. The van der Waals surface area contributed by atoms with E-state index in [-0.39, 0.29) is 18.0 Å². The van der Waals surface area contributed by atoms with Crippen molar-refractivity contribution in [2.45, 2.75) is 31.5 Å². The lowest BCUT2D eigenvalue weighted by Crippen LogP contribution is -2.37. The van der Waals surface area contributed by atoms with Gasteiger partial charge in [-0.2, -0.15) is 0 Å². The molecule has 1 N–H and O–H groups in total. The van der Waals surface area contributed by atoms with Gasteiger partial charge in [-0.05, 0) is 19.3 Å². The van der Waals surface area contributed by atoms with Crippen LogP contribution in [-0.4, -0.2) is 37.5 Å². The number of methoxy groups -OCH3 is 2. The van der Waals surface area contributed by atoms with E-state index in [2.05, 4.69) is 4.74 Å². The van der Waals surface area contributed by atoms with Gasteiger partial charge < -0.3 is 14.6 Å². The van der Waals surface area contributed by atoms with Gasteiger partial charge in [-0.1, -0.05) is 0 Å². The molecule has 0 heterocycles. The van der Waals surface area contributed by atoms with E-state index in [0.717, 1.165) is 12.8 Å². The molecule has 1 fully saturated rings. The van der Waals surface area contributed by atoms with Gasteiger partial charge in [0.2, 0.25) is 0 Å². The Bertz CT molecular complexity index is 180. The predicted molar refractivity (Wildman–Crippen MR) is 46.2 cm³/mol. The Hall–Kier alpha value is -0.610. The summed E-state index contributed by atoms with van der Waals surface area (Å²) in [5.41, 5.74) is 0. The first kappa shape index (κ1) is 10.5. The van der Waals surface area contributed by atoms with Crippen LogP contribution >= 0.6 is 0 Å². The molecule has 1 aliphatic carbocycles. The number of hydrogen-bond donors (Lipinski definition) is 1. The van der Waals surface area contributed by atoms with Crippen molar-refractivity contribution >= 4 is 5.97 Å². The fourth-order valence-corrected chi connectivity index (χ4v) is 1.77. The second-order valence-corrected chi connectivity index (χ2v) is 3.37. The van der Waals surface area contributed by atoms with Gasteiger partial charge >= 0.3 is 5.97 Å². The average molecular weight is 188 g/mol. The van der Waals surface area contributed by atoms with Crippen LogP contribution < -0.4 is 0 Å². The van der Waals surface area contributed by atoms with Gasteiger partial charge in [0.15, 0.2) is 0 Å². The zero-order valence-corrected chi connectivity index (χ0v) is 8.03. The summed E-state index contributed by atoms with van der Waals surface area (Å²) in [6.45, 7) is 0. The van der Waals surface area contributed by atoms with E-state index in [1.165, 1.54) is 7.11 Å². The zero-order chi connectivity index (χ0) is 9.84. The predicted octanol–water partition coefficient (Wildman–Crippen LogP) is 0.335. The molecule has 0 unspecified atom stereocenters. The molecule has 3 atom stereocenters. The number of ether oxygens (including phenoxy) is 2. The maximum absolute atomic E-state index is 11.1. The molecule has 0 aromatic heterocycles. The number of aliphatic hydroxyl groups is 1. The molecule has 0 aromatic carbocycles. The van der Waals surface area contributed by atoms with Crippen LogP contribution in [0.25, 0.3) is 0 Å². The number of carbonyl (C=O) groups is 1. The molecule has 0 bridgehead atoms. The molecule has 0 radical (unpaired) electrons. The van der Waals surface area contributed by atoms with Crippen molar-refractivity contribution in [2.24, 2.45) is 5.92 Å². The van der Waals surface area contributed by atoms with Gasteiger partial charge in [0.25, 0.3) is 0 Å². The highest BCUT2D eigenvalue weighted by Gasteiger charge is 2.33. The minimum absolute atomic E-state index is 0.124. The standard InChI is InChI=1S/C9H16O4/c1-12-8-4-3-6(5-7(8)10)9(11)13-2/h6-8,10H,3-5H2,1-2H3/t6-,7+,8+/m0/s1. The topological polar surface area (TPSA) is 55.8 Å². The number of hydrogen-bond acceptors (Lipinski definition) is 4. The lowest BCUT2D eigenvalue weighted by Gasteiger charge is -2.30. The summed E-state index contributed by atoms with van der Waals surface area (Å²) in [6.07, 6.45) is 1.24. The highest BCUT2D eigenvalue weighted by Crippen LogP contribution is 2.26. The highest BCUT2D eigenvalue weighted by molar-refractivity contribution is 5.72. The summed E-state index contributed by atoms with van der Waals surface area (Å²) in [6, 6.07) is 0. The molecule has 0 amide bonds. The van der Waals surface area contributed by atoms with E-state index in [0.29, 0.717) is 6.42 Å². The van der Waals surface area contributed by atoms with Crippen LogP contribution in [-0.2, 0) is 14.3 Å². The van der Waals surface area contributed by atoms with Gasteiger partial charge in [-0.3, -0.25) is 4.79 Å². The van der Waals surface area contributed by atoms with Gasteiger partial charge in [-0.25, -0.2) is 0 Å². The molecule has 1 aliphatic rings. The third kappa shape index (κ3) is 2.42. The fourth-order valence-electron chi connectivity index (χ4n) is 1.77. The molecule has 1 rings (SSSR count). The molecule has 13 heavy (non-hydrogen) atoms. The van der Waals surface area contributed by atoms with E-state index in [1.54, 1.807) is 7.11 Å². The van der Waals surface area contributed by atoms with Crippen LogP contribution in [0, 0.1) is 5.92 Å². The number of aliphatic hydroxyl groups excluding tert-OH is 1. The van der Waals surface area contributed by atoms with Crippen LogP contribution in [0.5, 0.6) is 0 Å². The second kappa shape index (κ2) is 4.58.